The van der Waals surface area contributed by atoms with Crippen molar-refractivity contribution in [1.29, 1.82) is 0 Å². The van der Waals surface area contributed by atoms with Gasteiger partial charge in [0.2, 0.25) is 5.91 Å². The Morgan fingerprint density at radius 1 is 1.33 bits per heavy atom. The van der Waals surface area contributed by atoms with Crippen molar-refractivity contribution in [3.05, 3.63) is 53.2 Å². The Hall–Kier alpha value is -2.34. The fraction of sp³-hybridized carbons (Fsp3) is 0.294. The molecule has 0 radical (unpaired) electrons. The van der Waals surface area contributed by atoms with E-state index in [0.717, 1.165) is 6.42 Å². The van der Waals surface area contributed by atoms with E-state index in [9.17, 15) is 14.0 Å². The number of piperidine rings is 1. The summed E-state index contributed by atoms with van der Waals surface area (Å²) in [6.07, 6.45) is 4.27. The van der Waals surface area contributed by atoms with E-state index in [4.69, 9.17) is 16.0 Å². The molecule has 0 bridgehead atoms. The third-order valence-electron chi connectivity index (χ3n) is 4.03. The predicted molar refractivity (Wildman–Crippen MR) is 87.4 cm³/mol. The van der Waals surface area contributed by atoms with Crippen molar-refractivity contribution in [1.82, 2.24) is 4.90 Å². The van der Waals surface area contributed by atoms with E-state index >= 15 is 0 Å². The molecule has 1 atom stereocenters. The minimum atomic E-state index is -0.538. The van der Waals surface area contributed by atoms with Gasteiger partial charge in [-0.25, -0.2) is 4.39 Å². The zero-order chi connectivity index (χ0) is 17.1. The van der Waals surface area contributed by atoms with Crippen LogP contribution in [-0.2, 0) is 4.79 Å². The van der Waals surface area contributed by atoms with Gasteiger partial charge in [0.25, 0.3) is 5.91 Å². The summed E-state index contributed by atoms with van der Waals surface area (Å²) in [5.74, 6) is -1.21. The van der Waals surface area contributed by atoms with Crippen LogP contribution in [0.3, 0.4) is 0 Å². The standard InChI is InChI=1S/C17H16ClFN2O3/c18-14-8-13(3-4-15(14)19)20-16(22)11-2-1-6-21(9-11)17(23)12-5-7-24-10-12/h3-5,7-8,10-11H,1-2,6,9H2,(H,20,22)/t11-/m0/s1. The highest BCUT2D eigenvalue weighted by molar-refractivity contribution is 6.31. The molecule has 2 aromatic rings. The molecule has 1 aliphatic rings. The number of likely N-dealkylation sites (tertiary alicyclic amines) is 1. The molecule has 0 unspecified atom stereocenters. The lowest BCUT2D eigenvalue weighted by molar-refractivity contribution is -0.121. The zero-order valence-electron chi connectivity index (χ0n) is 12.8. The van der Waals surface area contributed by atoms with Crippen LogP contribution in [0.1, 0.15) is 23.2 Å². The fourth-order valence-corrected chi connectivity index (χ4v) is 2.94. The van der Waals surface area contributed by atoms with Gasteiger partial charge in [0, 0.05) is 18.8 Å². The van der Waals surface area contributed by atoms with Crippen LogP contribution in [0.2, 0.25) is 5.02 Å². The molecular formula is C17H16ClFN2O3. The number of carbonyl (C=O) groups is 2. The second kappa shape index (κ2) is 7.05. The van der Waals surface area contributed by atoms with Crippen LogP contribution in [0.25, 0.3) is 0 Å². The summed E-state index contributed by atoms with van der Waals surface area (Å²) in [7, 11) is 0. The maximum absolute atomic E-state index is 13.2. The van der Waals surface area contributed by atoms with Gasteiger partial charge in [-0.15, -0.1) is 0 Å². The van der Waals surface area contributed by atoms with Crippen LogP contribution in [0.5, 0.6) is 0 Å². The molecule has 1 aromatic heterocycles. The molecule has 2 heterocycles. The lowest BCUT2D eigenvalue weighted by Gasteiger charge is -2.31. The summed E-state index contributed by atoms with van der Waals surface area (Å²) in [6, 6.07) is 5.63. The molecular weight excluding hydrogens is 335 g/mol. The average molecular weight is 351 g/mol. The summed E-state index contributed by atoms with van der Waals surface area (Å²) >= 11 is 5.72. The molecule has 1 saturated heterocycles. The first-order valence-electron chi connectivity index (χ1n) is 7.62. The maximum atomic E-state index is 13.2. The molecule has 7 heteroatoms. The van der Waals surface area contributed by atoms with Crippen molar-refractivity contribution in [2.24, 2.45) is 5.92 Å². The summed E-state index contributed by atoms with van der Waals surface area (Å²) in [5.41, 5.74) is 0.908. The monoisotopic (exact) mass is 350 g/mol. The van der Waals surface area contributed by atoms with Crippen molar-refractivity contribution in [3.63, 3.8) is 0 Å². The minimum Gasteiger partial charge on any atom is -0.472 e. The summed E-state index contributed by atoms with van der Waals surface area (Å²) in [4.78, 5) is 26.4. The summed E-state index contributed by atoms with van der Waals surface area (Å²) in [6.45, 7) is 0.945. The number of nitrogens with zero attached hydrogens (tertiary/aromatic N) is 1. The van der Waals surface area contributed by atoms with E-state index in [0.29, 0.717) is 30.8 Å². The quantitative estimate of drug-likeness (QED) is 0.920. The fourth-order valence-electron chi connectivity index (χ4n) is 2.76. The number of hydrogen-bond donors (Lipinski definition) is 1. The van der Waals surface area contributed by atoms with Gasteiger partial charge in [0.15, 0.2) is 0 Å². The molecule has 5 nitrogen and oxygen atoms in total. The van der Waals surface area contributed by atoms with Gasteiger partial charge in [-0.1, -0.05) is 11.6 Å². The average Bonchev–Trinajstić information content (AvgIpc) is 3.12. The van der Waals surface area contributed by atoms with Crippen molar-refractivity contribution in [2.45, 2.75) is 12.8 Å². The first-order chi connectivity index (χ1) is 11.5. The normalized spacial score (nSPS) is 17.6. The molecule has 1 aromatic carbocycles. The number of hydrogen-bond acceptors (Lipinski definition) is 3. The van der Waals surface area contributed by atoms with Gasteiger partial charge in [-0.05, 0) is 37.1 Å². The number of amides is 2. The molecule has 0 saturated carbocycles. The number of nitrogens with one attached hydrogen (secondary N) is 1. The van der Waals surface area contributed by atoms with Gasteiger partial charge in [-0.3, -0.25) is 9.59 Å². The molecule has 0 aliphatic carbocycles. The molecule has 1 fully saturated rings. The molecule has 2 amide bonds. The number of halogens is 2. The van der Waals surface area contributed by atoms with Crippen molar-refractivity contribution < 1.29 is 18.4 Å². The number of benzene rings is 1. The van der Waals surface area contributed by atoms with Crippen LogP contribution < -0.4 is 5.32 Å². The lowest BCUT2D eigenvalue weighted by atomic mass is 9.96. The van der Waals surface area contributed by atoms with Gasteiger partial charge in [-0.2, -0.15) is 0 Å². The molecule has 24 heavy (non-hydrogen) atoms. The predicted octanol–water partition coefficient (Wildman–Crippen LogP) is 3.56. The highest BCUT2D eigenvalue weighted by Crippen LogP contribution is 2.23. The Kier molecular flexibility index (Phi) is 4.85. The Labute approximate surface area is 143 Å². The Morgan fingerprint density at radius 3 is 2.88 bits per heavy atom. The van der Waals surface area contributed by atoms with Gasteiger partial charge < -0.3 is 14.6 Å². The van der Waals surface area contributed by atoms with E-state index in [1.54, 1.807) is 11.0 Å². The number of carbonyl (C=O) groups excluding carboxylic acids is 2. The first-order valence-corrected chi connectivity index (χ1v) is 8.00. The van der Waals surface area contributed by atoms with E-state index < -0.39 is 5.82 Å². The van der Waals surface area contributed by atoms with Crippen LogP contribution in [0.4, 0.5) is 10.1 Å². The Morgan fingerprint density at radius 2 is 2.17 bits per heavy atom. The Balaban J connectivity index is 1.64. The SMILES string of the molecule is O=C(Nc1ccc(F)c(Cl)c1)[C@H]1CCCN(C(=O)c2ccoc2)C1. The van der Waals surface area contributed by atoms with E-state index in [-0.39, 0.29) is 22.8 Å². The highest BCUT2D eigenvalue weighted by Gasteiger charge is 2.29. The van der Waals surface area contributed by atoms with E-state index in [1.807, 2.05) is 0 Å². The Bertz CT molecular complexity index is 748. The highest BCUT2D eigenvalue weighted by atomic mass is 35.5. The molecule has 1 aliphatic heterocycles. The van der Waals surface area contributed by atoms with Crippen LogP contribution >= 0.6 is 11.6 Å². The summed E-state index contributed by atoms with van der Waals surface area (Å²) < 4.78 is 18.1. The second-order valence-corrected chi connectivity index (χ2v) is 6.13. The first kappa shape index (κ1) is 16.5. The van der Waals surface area contributed by atoms with Crippen molar-refractivity contribution in [2.75, 3.05) is 18.4 Å². The smallest absolute Gasteiger partial charge is 0.257 e. The molecule has 126 valence electrons. The molecule has 1 N–H and O–H groups in total. The topological polar surface area (TPSA) is 62.6 Å². The van der Waals surface area contributed by atoms with Crippen LogP contribution in [0.15, 0.2) is 41.2 Å². The molecule has 0 spiro atoms. The number of furan rings is 1. The third-order valence-corrected chi connectivity index (χ3v) is 4.32. The lowest BCUT2D eigenvalue weighted by Crippen LogP contribution is -2.43. The van der Waals surface area contributed by atoms with Gasteiger partial charge in [0.05, 0.1) is 22.8 Å². The largest absolute Gasteiger partial charge is 0.472 e. The van der Waals surface area contributed by atoms with Crippen LogP contribution in [-0.4, -0.2) is 29.8 Å². The van der Waals surface area contributed by atoms with Gasteiger partial charge >= 0.3 is 0 Å². The summed E-state index contributed by atoms with van der Waals surface area (Å²) in [5, 5.41) is 2.68. The van der Waals surface area contributed by atoms with E-state index in [1.165, 1.54) is 30.7 Å². The van der Waals surface area contributed by atoms with E-state index in [2.05, 4.69) is 5.32 Å². The second-order valence-electron chi connectivity index (χ2n) is 5.72. The zero-order valence-corrected chi connectivity index (χ0v) is 13.6. The van der Waals surface area contributed by atoms with Crippen molar-refractivity contribution in [3.8, 4) is 0 Å². The van der Waals surface area contributed by atoms with Crippen LogP contribution in [0, 0.1) is 11.7 Å². The number of rotatable bonds is 3. The minimum absolute atomic E-state index is 0.0480. The number of anilines is 1. The molecule has 3 rings (SSSR count). The third kappa shape index (κ3) is 3.59. The van der Waals surface area contributed by atoms with Gasteiger partial charge in [0.1, 0.15) is 12.1 Å². The van der Waals surface area contributed by atoms with Crippen molar-refractivity contribution >= 4 is 29.1 Å². The maximum Gasteiger partial charge on any atom is 0.257 e.